The quantitative estimate of drug-likeness (QED) is 0.531. The van der Waals surface area contributed by atoms with Gasteiger partial charge in [-0.25, -0.2) is 4.79 Å². The number of nitrogens with zero attached hydrogens (tertiary/aromatic N) is 2. The van der Waals surface area contributed by atoms with Crippen molar-refractivity contribution in [1.82, 2.24) is 9.55 Å². The molecular formula is C20H26Cl2N4O4S. The van der Waals surface area contributed by atoms with E-state index >= 15 is 0 Å². The molecular weight excluding hydrogens is 463 g/mol. The minimum atomic E-state index is -0.717. The van der Waals surface area contributed by atoms with Gasteiger partial charge in [0.05, 0.1) is 12.4 Å². The summed E-state index contributed by atoms with van der Waals surface area (Å²) in [7, 11) is 1.49. The largest absolute Gasteiger partial charge is 0.383 e. The normalized spacial score (nSPS) is 11.2. The van der Waals surface area contributed by atoms with Gasteiger partial charge < -0.3 is 15.4 Å². The Hall–Kier alpha value is -1.94. The van der Waals surface area contributed by atoms with Crippen molar-refractivity contribution in [3.8, 4) is 0 Å². The first-order valence-electron chi connectivity index (χ1n) is 9.59. The third kappa shape index (κ3) is 6.52. The molecule has 11 heteroatoms. The van der Waals surface area contributed by atoms with E-state index in [4.69, 9.17) is 33.7 Å². The van der Waals surface area contributed by atoms with E-state index in [2.05, 4.69) is 4.98 Å². The minimum absolute atomic E-state index is 0.0491. The molecule has 0 bridgehead atoms. The zero-order valence-corrected chi connectivity index (χ0v) is 19.9. The van der Waals surface area contributed by atoms with E-state index in [1.807, 2.05) is 13.8 Å². The van der Waals surface area contributed by atoms with Gasteiger partial charge in [0.1, 0.15) is 5.82 Å². The van der Waals surface area contributed by atoms with E-state index in [-0.39, 0.29) is 42.2 Å². The van der Waals surface area contributed by atoms with Crippen molar-refractivity contribution >= 4 is 52.4 Å². The van der Waals surface area contributed by atoms with Crippen LogP contribution in [-0.2, 0) is 21.8 Å². The summed E-state index contributed by atoms with van der Waals surface area (Å²) in [5, 5.41) is 1.04. The fourth-order valence-corrected chi connectivity index (χ4v) is 4.55. The first-order valence-corrected chi connectivity index (χ1v) is 11.5. The van der Waals surface area contributed by atoms with Crippen LogP contribution in [0, 0.1) is 5.92 Å². The summed E-state index contributed by atoms with van der Waals surface area (Å²) in [6, 6.07) is 5.21. The summed E-state index contributed by atoms with van der Waals surface area (Å²) in [4.78, 5) is 41.3. The lowest BCUT2D eigenvalue weighted by atomic mass is 10.2. The molecule has 0 radical (unpaired) electrons. The van der Waals surface area contributed by atoms with E-state index in [9.17, 15) is 14.4 Å². The van der Waals surface area contributed by atoms with Crippen LogP contribution in [0.1, 0.15) is 19.4 Å². The second-order valence-corrected chi connectivity index (χ2v) is 9.03. The number of halogens is 2. The zero-order valence-electron chi connectivity index (χ0n) is 17.6. The molecule has 2 aromatic rings. The van der Waals surface area contributed by atoms with Crippen LogP contribution < -0.4 is 21.9 Å². The highest BCUT2D eigenvalue weighted by atomic mass is 35.5. The van der Waals surface area contributed by atoms with Crippen molar-refractivity contribution in [3.05, 3.63) is 54.6 Å². The minimum Gasteiger partial charge on any atom is -0.383 e. The standard InChI is InChI=1S/C20H26Cl2N4O4S/c1-12(2)9-26-18(23)17(19(28)24-20(26)29)25(7-8-30-3)16(27)11-31-10-13-14(21)5-4-6-15(13)22/h4-6,12H,7-11,23H2,1-3H3,(H,24,28,29). The molecule has 0 saturated carbocycles. The molecule has 0 unspecified atom stereocenters. The Labute approximate surface area is 194 Å². The van der Waals surface area contributed by atoms with Crippen LogP contribution in [-0.4, -0.2) is 41.5 Å². The lowest BCUT2D eigenvalue weighted by Crippen LogP contribution is -2.43. The fourth-order valence-electron chi connectivity index (χ4n) is 2.92. The fraction of sp³-hybridized carbons (Fsp3) is 0.450. The van der Waals surface area contributed by atoms with Crippen LogP contribution in [0.15, 0.2) is 27.8 Å². The molecule has 1 amide bonds. The first kappa shape index (κ1) is 25.3. The number of ether oxygens (including phenoxy) is 1. The molecule has 8 nitrogen and oxygen atoms in total. The third-order valence-corrected chi connectivity index (χ3v) is 6.04. The first-order chi connectivity index (χ1) is 14.7. The van der Waals surface area contributed by atoms with Gasteiger partial charge in [-0.05, 0) is 23.6 Å². The number of benzene rings is 1. The van der Waals surface area contributed by atoms with Crippen LogP contribution in [0.4, 0.5) is 11.5 Å². The Morgan fingerprint density at radius 2 is 1.94 bits per heavy atom. The number of nitrogen functional groups attached to an aromatic ring is 1. The SMILES string of the molecule is COCCN(C(=O)CSCc1c(Cl)cccc1Cl)c1c(N)n(CC(C)C)c(=O)[nH]c1=O. The molecule has 3 N–H and O–H groups in total. The monoisotopic (exact) mass is 488 g/mol. The second-order valence-electron chi connectivity index (χ2n) is 7.23. The number of methoxy groups -OCH3 is 1. The Balaban J connectivity index is 2.30. The second kappa shape index (κ2) is 11.6. The summed E-state index contributed by atoms with van der Waals surface area (Å²) in [5.41, 5.74) is 5.52. The van der Waals surface area contributed by atoms with Crippen LogP contribution in [0.3, 0.4) is 0 Å². The van der Waals surface area contributed by atoms with Gasteiger partial charge in [0, 0.05) is 36.0 Å². The number of aromatic nitrogens is 2. The van der Waals surface area contributed by atoms with Gasteiger partial charge in [-0.15, -0.1) is 11.8 Å². The molecule has 0 aliphatic carbocycles. The average Bonchev–Trinajstić information content (AvgIpc) is 2.69. The van der Waals surface area contributed by atoms with Crippen LogP contribution in [0.25, 0.3) is 0 Å². The molecule has 0 spiro atoms. The van der Waals surface area contributed by atoms with Crippen molar-refractivity contribution in [2.45, 2.75) is 26.1 Å². The number of amides is 1. The van der Waals surface area contributed by atoms with E-state index in [1.165, 1.54) is 28.3 Å². The van der Waals surface area contributed by atoms with Gasteiger partial charge in [0.15, 0.2) is 5.69 Å². The molecule has 0 aliphatic heterocycles. The number of anilines is 2. The molecule has 31 heavy (non-hydrogen) atoms. The number of nitrogens with one attached hydrogen (secondary N) is 1. The summed E-state index contributed by atoms with van der Waals surface area (Å²) >= 11 is 13.7. The Bertz CT molecular complexity index is 1020. The summed E-state index contributed by atoms with van der Waals surface area (Å²) in [5.74, 6) is 0.176. The summed E-state index contributed by atoms with van der Waals surface area (Å²) in [6.45, 7) is 4.44. The van der Waals surface area contributed by atoms with Gasteiger partial charge in [-0.1, -0.05) is 43.1 Å². The molecule has 0 atom stereocenters. The van der Waals surface area contributed by atoms with Crippen LogP contribution in [0.2, 0.25) is 10.0 Å². The maximum atomic E-state index is 13.0. The predicted molar refractivity (Wildman–Crippen MR) is 127 cm³/mol. The van der Waals surface area contributed by atoms with Crippen molar-refractivity contribution in [1.29, 1.82) is 0 Å². The lowest BCUT2D eigenvalue weighted by Gasteiger charge is -2.24. The van der Waals surface area contributed by atoms with Crippen LogP contribution in [0.5, 0.6) is 0 Å². The topological polar surface area (TPSA) is 110 Å². The van der Waals surface area contributed by atoms with Crippen molar-refractivity contribution < 1.29 is 9.53 Å². The number of rotatable bonds is 10. The van der Waals surface area contributed by atoms with Gasteiger partial charge in [-0.2, -0.15) is 0 Å². The number of hydrogen-bond donors (Lipinski definition) is 2. The van der Waals surface area contributed by atoms with Gasteiger partial charge in [-0.3, -0.25) is 19.1 Å². The molecule has 2 rings (SSSR count). The average molecular weight is 489 g/mol. The smallest absolute Gasteiger partial charge is 0.330 e. The van der Waals surface area contributed by atoms with E-state index in [0.717, 1.165) is 5.56 Å². The molecule has 0 aliphatic rings. The van der Waals surface area contributed by atoms with Crippen LogP contribution >= 0.6 is 35.0 Å². The molecule has 1 aromatic carbocycles. The summed E-state index contributed by atoms with van der Waals surface area (Å²) < 4.78 is 6.36. The maximum absolute atomic E-state index is 13.0. The highest BCUT2D eigenvalue weighted by Gasteiger charge is 2.24. The van der Waals surface area contributed by atoms with E-state index < -0.39 is 11.2 Å². The van der Waals surface area contributed by atoms with E-state index in [0.29, 0.717) is 22.3 Å². The summed E-state index contributed by atoms with van der Waals surface area (Å²) in [6.07, 6.45) is 0. The predicted octanol–water partition coefficient (Wildman–Crippen LogP) is 2.99. The lowest BCUT2D eigenvalue weighted by molar-refractivity contribution is -0.116. The molecule has 1 heterocycles. The highest BCUT2D eigenvalue weighted by Crippen LogP contribution is 2.28. The number of hydrogen-bond acceptors (Lipinski definition) is 6. The Morgan fingerprint density at radius 3 is 2.52 bits per heavy atom. The van der Waals surface area contributed by atoms with Crippen molar-refractivity contribution in [2.24, 2.45) is 5.92 Å². The van der Waals surface area contributed by atoms with Gasteiger partial charge in [0.25, 0.3) is 5.56 Å². The molecule has 0 fully saturated rings. The molecule has 170 valence electrons. The maximum Gasteiger partial charge on any atom is 0.330 e. The molecule has 0 saturated heterocycles. The van der Waals surface area contributed by atoms with Gasteiger partial charge >= 0.3 is 5.69 Å². The number of H-pyrrole nitrogens is 1. The Kier molecular flexibility index (Phi) is 9.49. The molecule has 1 aromatic heterocycles. The number of aromatic amines is 1. The van der Waals surface area contributed by atoms with Gasteiger partial charge in [0.2, 0.25) is 5.91 Å². The van der Waals surface area contributed by atoms with Crippen molar-refractivity contribution in [3.63, 3.8) is 0 Å². The number of thioether (sulfide) groups is 1. The third-order valence-electron chi connectivity index (χ3n) is 4.39. The number of carbonyl (C=O) groups excluding carboxylic acids is 1. The zero-order chi connectivity index (χ0) is 23.1. The number of nitrogens with two attached hydrogens (primary N) is 1. The van der Waals surface area contributed by atoms with Crippen molar-refractivity contribution in [2.75, 3.05) is 36.6 Å². The highest BCUT2D eigenvalue weighted by molar-refractivity contribution is 7.99. The van der Waals surface area contributed by atoms with E-state index in [1.54, 1.807) is 18.2 Å². The number of carbonyl (C=O) groups is 1. The Morgan fingerprint density at radius 1 is 1.29 bits per heavy atom.